The smallest absolute Gasteiger partial charge is 0.256 e. The topological polar surface area (TPSA) is 89.3 Å². The molecule has 0 radical (unpaired) electrons. The Bertz CT molecular complexity index is 844. The molecule has 122 valence electrons. The molecule has 2 rings (SSSR count). The monoisotopic (exact) mass is 372 g/mol. The van der Waals surface area contributed by atoms with E-state index in [9.17, 15) is 13.2 Å². The molecule has 2 aromatic rings. The van der Waals surface area contributed by atoms with E-state index in [2.05, 4.69) is 5.32 Å². The maximum atomic E-state index is 12.4. The molecular formula is C15H14Cl2N2O3S. The van der Waals surface area contributed by atoms with Gasteiger partial charge in [-0.05, 0) is 24.3 Å². The van der Waals surface area contributed by atoms with Crippen LogP contribution < -0.4 is 11.1 Å². The minimum Gasteiger partial charge on any atom is -0.396 e. The lowest BCUT2D eigenvalue weighted by molar-refractivity contribution is 0.102. The van der Waals surface area contributed by atoms with E-state index < -0.39 is 15.7 Å². The van der Waals surface area contributed by atoms with Crippen LogP contribution in [0.2, 0.25) is 10.0 Å². The van der Waals surface area contributed by atoms with Gasteiger partial charge in [-0.15, -0.1) is 0 Å². The third-order valence-corrected chi connectivity index (χ3v) is 5.60. The summed E-state index contributed by atoms with van der Waals surface area (Å²) in [6, 6.07) is 8.88. The third-order valence-electron chi connectivity index (χ3n) is 3.18. The number of nitrogens with one attached hydrogen (secondary N) is 1. The lowest BCUT2D eigenvalue weighted by Crippen LogP contribution is -2.17. The molecule has 1 amide bonds. The Labute approximate surface area is 144 Å². The van der Waals surface area contributed by atoms with Gasteiger partial charge < -0.3 is 11.1 Å². The van der Waals surface area contributed by atoms with Gasteiger partial charge in [0.2, 0.25) is 0 Å². The first kappa shape index (κ1) is 17.6. The number of rotatable bonds is 4. The van der Waals surface area contributed by atoms with Crippen molar-refractivity contribution < 1.29 is 13.2 Å². The predicted molar refractivity (Wildman–Crippen MR) is 93.0 cm³/mol. The highest BCUT2D eigenvalue weighted by molar-refractivity contribution is 7.91. The zero-order valence-electron chi connectivity index (χ0n) is 12.1. The number of carbonyl (C=O) groups is 1. The van der Waals surface area contributed by atoms with Crippen molar-refractivity contribution in [1.82, 2.24) is 0 Å². The number of hydrogen-bond donors (Lipinski definition) is 2. The predicted octanol–water partition coefficient (Wildman–Crippen LogP) is 3.62. The van der Waals surface area contributed by atoms with Gasteiger partial charge in [0.25, 0.3) is 5.91 Å². The Hall–Kier alpha value is -1.76. The van der Waals surface area contributed by atoms with Gasteiger partial charge in [0.1, 0.15) is 0 Å². The molecule has 0 spiro atoms. The van der Waals surface area contributed by atoms with Crippen molar-refractivity contribution in [3.63, 3.8) is 0 Å². The van der Waals surface area contributed by atoms with Crippen LogP contribution in [-0.4, -0.2) is 20.1 Å². The van der Waals surface area contributed by atoms with Gasteiger partial charge >= 0.3 is 0 Å². The van der Waals surface area contributed by atoms with Crippen molar-refractivity contribution in [2.24, 2.45) is 0 Å². The van der Waals surface area contributed by atoms with E-state index in [4.69, 9.17) is 28.9 Å². The zero-order valence-corrected chi connectivity index (χ0v) is 14.5. The lowest BCUT2D eigenvalue weighted by atomic mass is 10.2. The van der Waals surface area contributed by atoms with E-state index in [0.717, 1.165) is 0 Å². The zero-order chi connectivity index (χ0) is 17.2. The summed E-state index contributed by atoms with van der Waals surface area (Å²) in [6.45, 7) is 1.52. The first-order valence-corrected chi connectivity index (χ1v) is 9.04. The molecule has 0 saturated carbocycles. The van der Waals surface area contributed by atoms with Crippen molar-refractivity contribution in [2.75, 3.05) is 16.8 Å². The van der Waals surface area contributed by atoms with Crippen LogP contribution in [0.4, 0.5) is 11.4 Å². The summed E-state index contributed by atoms with van der Waals surface area (Å²) in [4.78, 5) is 12.4. The highest BCUT2D eigenvalue weighted by atomic mass is 35.5. The van der Waals surface area contributed by atoms with E-state index in [-0.39, 0.29) is 31.9 Å². The van der Waals surface area contributed by atoms with E-state index in [1.165, 1.54) is 31.2 Å². The summed E-state index contributed by atoms with van der Waals surface area (Å²) in [5.74, 6) is -0.675. The molecule has 0 fully saturated rings. The Kier molecular flexibility index (Phi) is 5.19. The van der Waals surface area contributed by atoms with Crippen molar-refractivity contribution in [1.29, 1.82) is 0 Å². The number of anilines is 2. The average molecular weight is 373 g/mol. The van der Waals surface area contributed by atoms with Crippen molar-refractivity contribution in [3.05, 3.63) is 52.0 Å². The summed E-state index contributed by atoms with van der Waals surface area (Å²) in [5, 5.41) is 2.97. The molecule has 3 N–H and O–H groups in total. The van der Waals surface area contributed by atoms with Crippen LogP contribution in [-0.2, 0) is 9.84 Å². The first-order valence-electron chi connectivity index (χ1n) is 6.64. The van der Waals surface area contributed by atoms with Crippen LogP contribution in [0.5, 0.6) is 0 Å². The Morgan fingerprint density at radius 3 is 2.30 bits per heavy atom. The molecular weight excluding hydrogens is 359 g/mol. The van der Waals surface area contributed by atoms with E-state index in [1.54, 1.807) is 12.1 Å². The van der Waals surface area contributed by atoms with Gasteiger partial charge in [0.15, 0.2) is 9.84 Å². The summed E-state index contributed by atoms with van der Waals surface area (Å²) in [5.41, 5.74) is 6.22. The second-order valence-corrected chi connectivity index (χ2v) is 7.77. The molecule has 0 unspecified atom stereocenters. The molecule has 23 heavy (non-hydrogen) atoms. The molecule has 0 saturated heterocycles. The summed E-state index contributed by atoms with van der Waals surface area (Å²) < 4.78 is 24.2. The minimum atomic E-state index is -3.52. The van der Waals surface area contributed by atoms with Gasteiger partial charge in [-0.1, -0.05) is 42.3 Å². The number of benzene rings is 2. The van der Waals surface area contributed by atoms with Crippen LogP contribution >= 0.6 is 23.2 Å². The van der Waals surface area contributed by atoms with E-state index in [0.29, 0.717) is 5.69 Å². The Morgan fingerprint density at radius 1 is 1.17 bits per heavy atom. The number of amides is 1. The number of nitrogen functional groups attached to an aromatic ring is 1. The van der Waals surface area contributed by atoms with Crippen molar-refractivity contribution in [2.45, 2.75) is 11.8 Å². The van der Waals surface area contributed by atoms with Gasteiger partial charge in [0, 0.05) is 5.69 Å². The highest BCUT2D eigenvalue weighted by Gasteiger charge is 2.20. The van der Waals surface area contributed by atoms with E-state index in [1.807, 2.05) is 0 Å². The first-order chi connectivity index (χ1) is 10.8. The normalized spacial score (nSPS) is 11.3. The van der Waals surface area contributed by atoms with Gasteiger partial charge in [0.05, 0.1) is 31.9 Å². The Balaban J connectivity index is 2.40. The number of carbonyl (C=O) groups excluding carboxylic acids is 1. The molecule has 2 aromatic carbocycles. The van der Waals surface area contributed by atoms with E-state index >= 15 is 0 Å². The number of hydrogen-bond acceptors (Lipinski definition) is 4. The molecule has 0 aromatic heterocycles. The third kappa shape index (κ3) is 3.77. The number of nitrogens with two attached hydrogens (primary N) is 1. The fourth-order valence-corrected chi connectivity index (χ4v) is 3.52. The second-order valence-electron chi connectivity index (χ2n) is 4.71. The maximum absolute atomic E-state index is 12.4. The molecule has 5 nitrogen and oxygen atoms in total. The molecule has 0 aliphatic heterocycles. The molecule has 0 aliphatic rings. The number of halogens is 2. The number of sulfone groups is 1. The van der Waals surface area contributed by atoms with Gasteiger partial charge in [-0.25, -0.2) is 8.42 Å². The minimum absolute atomic E-state index is 0.0207. The summed E-state index contributed by atoms with van der Waals surface area (Å²) in [7, 11) is -3.52. The molecule has 0 heterocycles. The fourth-order valence-electron chi connectivity index (χ4n) is 1.94. The summed E-state index contributed by atoms with van der Waals surface area (Å²) in [6.07, 6.45) is 0. The molecule has 0 aliphatic carbocycles. The second kappa shape index (κ2) is 6.78. The quantitative estimate of drug-likeness (QED) is 0.801. The van der Waals surface area contributed by atoms with Crippen molar-refractivity contribution in [3.8, 4) is 0 Å². The maximum Gasteiger partial charge on any atom is 0.256 e. The standard InChI is InChI=1S/C15H14Cl2N2O3S/c1-2-23(21,22)13-6-4-3-5-10(13)15(20)19-9-7-11(16)14(18)12(17)8-9/h3-8H,2,18H2,1H3,(H,19,20). The van der Waals surface area contributed by atoms with Crippen LogP contribution in [0.25, 0.3) is 0 Å². The Morgan fingerprint density at radius 2 is 1.74 bits per heavy atom. The van der Waals surface area contributed by atoms with Crippen LogP contribution in [0.1, 0.15) is 17.3 Å². The van der Waals surface area contributed by atoms with Crippen molar-refractivity contribution >= 4 is 50.3 Å². The largest absolute Gasteiger partial charge is 0.396 e. The SMILES string of the molecule is CCS(=O)(=O)c1ccccc1C(=O)Nc1cc(Cl)c(N)c(Cl)c1. The molecule has 0 bridgehead atoms. The molecule has 0 atom stereocenters. The summed E-state index contributed by atoms with van der Waals surface area (Å²) >= 11 is 11.8. The highest BCUT2D eigenvalue weighted by Crippen LogP contribution is 2.31. The van der Waals surface area contributed by atoms with Crippen LogP contribution in [0.15, 0.2) is 41.3 Å². The average Bonchev–Trinajstić information content (AvgIpc) is 2.52. The van der Waals surface area contributed by atoms with Crippen LogP contribution in [0, 0.1) is 0 Å². The fraction of sp³-hybridized carbons (Fsp3) is 0.133. The molecule has 8 heteroatoms. The lowest BCUT2D eigenvalue weighted by Gasteiger charge is -2.11. The van der Waals surface area contributed by atoms with Gasteiger partial charge in [-0.2, -0.15) is 0 Å². The van der Waals surface area contributed by atoms with Crippen LogP contribution in [0.3, 0.4) is 0 Å². The van der Waals surface area contributed by atoms with Gasteiger partial charge in [-0.3, -0.25) is 4.79 Å².